The fraction of sp³-hybridized carbons (Fsp3) is 0.516. The van der Waals surface area contributed by atoms with E-state index in [1.54, 1.807) is 7.11 Å². The Morgan fingerprint density at radius 2 is 1.92 bits per heavy atom. The van der Waals surface area contributed by atoms with Crippen LogP contribution >= 0.6 is 0 Å². The first-order valence-corrected chi connectivity index (χ1v) is 14.6. The maximum absolute atomic E-state index is 13.7. The SMILES string of the molecule is CCc1ccc2cc(-c3nc4cc(C(=O)N5[C@H]6CC[C@@H]5[C@H](N)C6)cc(OC)n4c3C)n(CC3CCCC3)c2n1. The van der Waals surface area contributed by atoms with Crippen molar-refractivity contribution in [1.82, 2.24) is 23.8 Å². The van der Waals surface area contributed by atoms with Crippen molar-refractivity contribution in [2.45, 2.75) is 89.9 Å². The van der Waals surface area contributed by atoms with E-state index in [0.717, 1.165) is 71.7 Å². The summed E-state index contributed by atoms with van der Waals surface area (Å²) in [6, 6.07) is 10.8. The number of amides is 1. The Balaban J connectivity index is 1.35. The molecule has 2 saturated heterocycles. The van der Waals surface area contributed by atoms with Crippen LogP contribution < -0.4 is 10.5 Å². The second kappa shape index (κ2) is 9.37. The summed E-state index contributed by atoms with van der Waals surface area (Å²) in [5, 5.41) is 1.14. The molecular weight excluding hydrogens is 488 g/mol. The first-order chi connectivity index (χ1) is 19.0. The van der Waals surface area contributed by atoms with Crippen molar-refractivity contribution in [3.8, 4) is 17.3 Å². The summed E-state index contributed by atoms with van der Waals surface area (Å²) < 4.78 is 10.3. The lowest BCUT2D eigenvalue weighted by Gasteiger charge is -2.23. The topological polar surface area (TPSA) is 90.7 Å². The highest BCUT2D eigenvalue weighted by molar-refractivity contribution is 5.96. The van der Waals surface area contributed by atoms with Crippen LogP contribution in [0.2, 0.25) is 0 Å². The Labute approximate surface area is 229 Å². The maximum atomic E-state index is 13.7. The van der Waals surface area contributed by atoms with Gasteiger partial charge in [-0.2, -0.15) is 0 Å². The van der Waals surface area contributed by atoms with Gasteiger partial charge in [-0.05, 0) is 75.6 Å². The van der Waals surface area contributed by atoms with Crippen LogP contribution in [0.15, 0.2) is 30.3 Å². The molecule has 39 heavy (non-hydrogen) atoms. The quantitative estimate of drug-likeness (QED) is 0.376. The summed E-state index contributed by atoms with van der Waals surface area (Å²) in [4.78, 5) is 25.9. The molecule has 7 rings (SSSR count). The first-order valence-electron chi connectivity index (χ1n) is 14.6. The first kappa shape index (κ1) is 24.6. The molecule has 1 saturated carbocycles. The molecule has 0 unspecified atom stereocenters. The van der Waals surface area contributed by atoms with Crippen molar-refractivity contribution in [3.63, 3.8) is 0 Å². The normalized spacial score (nSPS) is 23.1. The van der Waals surface area contributed by atoms with Crippen molar-refractivity contribution in [3.05, 3.63) is 47.3 Å². The molecule has 1 amide bonds. The fourth-order valence-electron chi connectivity index (χ4n) is 7.49. The van der Waals surface area contributed by atoms with E-state index in [0.29, 0.717) is 17.4 Å². The molecule has 0 spiro atoms. The molecule has 0 radical (unpaired) electrons. The number of hydrogen-bond donors (Lipinski definition) is 1. The van der Waals surface area contributed by atoms with Crippen LogP contribution in [0.5, 0.6) is 5.88 Å². The molecule has 2 aliphatic heterocycles. The number of rotatable bonds is 6. The number of carbonyl (C=O) groups is 1. The van der Waals surface area contributed by atoms with E-state index in [1.807, 2.05) is 21.4 Å². The molecule has 0 aromatic carbocycles. The van der Waals surface area contributed by atoms with E-state index < -0.39 is 0 Å². The van der Waals surface area contributed by atoms with Gasteiger partial charge in [-0.15, -0.1) is 0 Å². The highest BCUT2D eigenvalue weighted by atomic mass is 16.5. The zero-order valence-corrected chi connectivity index (χ0v) is 23.2. The summed E-state index contributed by atoms with van der Waals surface area (Å²) in [5.74, 6) is 1.31. The molecule has 6 heterocycles. The number of methoxy groups -OCH3 is 1. The zero-order valence-electron chi connectivity index (χ0n) is 23.2. The van der Waals surface area contributed by atoms with Gasteiger partial charge in [0.25, 0.3) is 5.91 Å². The molecule has 8 heteroatoms. The summed E-state index contributed by atoms with van der Waals surface area (Å²) in [6.07, 6.45) is 8.96. The third-order valence-electron chi connectivity index (χ3n) is 9.51. The summed E-state index contributed by atoms with van der Waals surface area (Å²) in [7, 11) is 1.66. The highest BCUT2D eigenvalue weighted by Gasteiger charge is 2.47. The molecule has 2 bridgehead atoms. The van der Waals surface area contributed by atoms with Crippen LogP contribution in [-0.4, -0.2) is 55.0 Å². The van der Waals surface area contributed by atoms with Gasteiger partial charge in [-0.3, -0.25) is 9.20 Å². The summed E-state index contributed by atoms with van der Waals surface area (Å²) in [5.41, 5.74) is 12.8. The lowest BCUT2D eigenvalue weighted by atomic mass is 9.97. The minimum Gasteiger partial charge on any atom is -0.482 e. The summed E-state index contributed by atoms with van der Waals surface area (Å²) in [6.45, 7) is 5.19. The second-order valence-corrected chi connectivity index (χ2v) is 11.8. The van der Waals surface area contributed by atoms with Crippen LogP contribution in [0.1, 0.15) is 73.6 Å². The Bertz CT molecular complexity index is 1580. The average molecular weight is 527 g/mol. The van der Waals surface area contributed by atoms with Crippen LogP contribution in [0, 0.1) is 12.8 Å². The number of pyridine rings is 2. The number of ether oxygens (including phenoxy) is 1. The lowest BCUT2D eigenvalue weighted by molar-refractivity contribution is 0.0726. The molecule has 3 aliphatic rings. The Morgan fingerprint density at radius 3 is 2.62 bits per heavy atom. The number of aryl methyl sites for hydroxylation is 2. The fourth-order valence-corrected chi connectivity index (χ4v) is 7.49. The lowest BCUT2D eigenvalue weighted by Crippen LogP contribution is -2.40. The highest BCUT2D eigenvalue weighted by Crippen LogP contribution is 2.39. The van der Waals surface area contributed by atoms with Gasteiger partial charge in [0.15, 0.2) is 5.88 Å². The zero-order chi connectivity index (χ0) is 26.8. The van der Waals surface area contributed by atoms with Gasteiger partial charge < -0.3 is 19.9 Å². The van der Waals surface area contributed by atoms with Gasteiger partial charge in [0.2, 0.25) is 0 Å². The van der Waals surface area contributed by atoms with Gasteiger partial charge in [0.05, 0.1) is 18.5 Å². The Morgan fingerprint density at radius 1 is 1.10 bits per heavy atom. The van der Waals surface area contributed by atoms with Crippen LogP contribution in [0.3, 0.4) is 0 Å². The Kier molecular flexibility index (Phi) is 5.92. The standard InChI is InChI=1S/C31H38N6O2/c1-4-22-10-9-20-13-26(35(30(20)33-22)17-19-7-5-6-8-19)29-18(2)36-27(34-29)14-21(15-28(36)39-3)31(38)37-23-11-12-25(37)24(32)16-23/h9-10,13-15,19,23-25H,4-8,11-12,16-17,32H2,1-3H3/t23-,24+,25+/m0/s1. The summed E-state index contributed by atoms with van der Waals surface area (Å²) >= 11 is 0. The van der Waals surface area contributed by atoms with E-state index in [9.17, 15) is 4.79 Å². The number of aromatic nitrogens is 4. The molecule has 204 valence electrons. The predicted molar refractivity (Wildman–Crippen MR) is 152 cm³/mol. The number of imidazole rings is 1. The number of nitrogens with zero attached hydrogens (tertiary/aromatic N) is 5. The largest absolute Gasteiger partial charge is 0.482 e. The third-order valence-corrected chi connectivity index (χ3v) is 9.51. The van der Waals surface area contributed by atoms with Gasteiger partial charge >= 0.3 is 0 Å². The number of hydrogen-bond acceptors (Lipinski definition) is 5. The van der Waals surface area contributed by atoms with Gasteiger partial charge in [-0.1, -0.05) is 19.8 Å². The van der Waals surface area contributed by atoms with Crippen molar-refractivity contribution in [1.29, 1.82) is 0 Å². The van der Waals surface area contributed by atoms with E-state index >= 15 is 0 Å². The van der Waals surface area contributed by atoms with Crippen LogP contribution in [0.4, 0.5) is 0 Å². The molecule has 2 N–H and O–H groups in total. The molecule has 4 aromatic heterocycles. The van der Waals surface area contributed by atoms with Crippen molar-refractivity contribution in [2.75, 3.05) is 7.11 Å². The number of nitrogens with two attached hydrogens (primary N) is 1. The van der Waals surface area contributed by atoms with Crippen molar-refractivity contribution in [2.24, 2.45) is 11.7 Å². The van der Waals surface area contributed by atoms with Gasteiger partial charge in [-0.25, -0.2) is 9.97 Å². The predicted octanol–water partition coefficient (Wildman–Crippen LogP) is 5.12. The van der Waals surface area contributed by atoms with Crippen LogP contribution in [-0.2, 0) is 13.0 Å². The molecule has 3 fully saturated rings. The molecule has 4 aromatic rings. The third kappa shape index (κ3) is 3.86. The number of fused-ring (bicyclic) bond motifs is 4. The Hall–Kier alpha value is -3.39. The molecule has 3 atom stereocenters. The van der Waals surface area contributed by atoms with E-state index in [1.165, 1.54) is 25.7 Å². The van der Waals surface area contributed by atoms with Gasteiger partial charge in [0, 0.05) is 47.4 Å². The second-order valence-electron chi connectivity index (χ2n) is 11.8. The minimum atomic E-state index is 0.0325. The van der Waals surface area contributed by atoms with Crippen molar-refractivity contribution < 1.29 is 9.53 Å². The van der Waals surface area contributed by atoms with E-state index in [-0.39, 0.29) is 24.0 Å². The number of carbonyl (C=O) groups excluding carboxylic acids is 1. The monoisotopic (exact) mass is 526 g/mol. The van der Waals surface area contributed by atoms with Gasteiger partial charge in [0.1, 0.15) is 17.0 Å². The maximum Gasteiger partial charge on any atom is 0.254 e. The minimum absolute atomic E-state index is 0.0325. The molecule has 1 aliphatic carbocycles. The molecule has 8 nitrogen and oxygen atoms in total. The van der Waals surface area contributed by atoms with Crippen molar-refractivity contribution >= 4 is 22.6 Å². The smallest absolute Gasteiger partial charge is 0.254 e. The average Bonchev–Trinajstić information content (AvgIpc) is 3.77. The van der Waals surface area contributed by atoms with E-state index in [4.69, 9.17) is 20.4 Å². The van der Waals surface area contributed by atoms with Crippen LogP contribution in [0.25, 0.3) is 28.1 Å². The van der Waals surface area contributed by atoms with E-state index in [2.05, 4.69) is 36.6 Å². The molecular formula is C31H38N6O2.